The van der Waals surface area contributed by atoms with Gasteiger partial charge in [0.1, 0.15) is 16.4 Å². The number of ether oxygens (including phenoxy) is 2. The smallest absolute Gasteiger partial charge is 0.307 e. The van der Waals surface area contributed by atoms with Crippen LogP contribution >= 0.6 is 0 Å². The number of nitrogens with zero attached hydrogens (tertiary/aromatic N) is 1. The SMILES string of the molecule is COc1ccc(S(=O)(=O)N/N=C(/C)c2ccc(NC(=O)C3CCCCC3C(=O)O)cc2)c(OC)c1. The van der Waals surface area contributed by atoms with E-state index in [1.807, 2.05) is 0 Å². The van der Waals surface area contributed by atoms with Crippen LogP contribution < -0.4 is 19.6 Å². The minimum absolute atomic E-state index is 0.0854. The third-order valence-electron chi connectivity index (χ3n) is 5.98. The zero-order valence-corrected chi connectivity index (χ0v) is 20.6. The summed E-state index contributed by atoms with van der Waals surface area (Å²) in [4.78, 5) is 26.2. The number of methoxy groups -OCH3 is 2. The van der Waals surface area contributed by atoms with E-state index >= 15 is 0 Å². The zero-order chi connectivity index (χ0) is 25.6. The number of amides is 1. The first-order valence-electron chi connectivity index (χ1n) is 11.1. The highest BCUT2D eigenvalue weighted by atomic mass is 32.2. The number of nitrogens with one attached hydrogen (secondary N) is 2. The third kappa shape index (κ3) is 6.30. The van der Waals surface area contributed by atoms with E-state index in [4.69, 9.17) is 9.47 Å². The van der Waals surface area contributed by atoms with E-state index in [0.29, 0.717) is 35.6 Å². The van der Waals surface area contributed by atoms with E-state index in [1.54, 1.807) is 31.2 Å². The molecule has 1 aliphatic rings. The number of hydrogen-bond acceptors (Lipinski definition) is 7. The molecule has 1 saturated carbocycles. The van der Waals surface area contributed by atoms with Crippen molar-refractivity contribution in [1.82, 2.24) is 4.83 Å². The topological polar surface area (TPSA) is 143 Å². The van der Waals surface area contributed by atoms with Crippen molar-refractivity contribution in [3.8, 4) is 11.5 Å². The van der Waals surface area contributed by atoms with Crippen LogP contribution in [-0.2, 0) is 19.6 Å². The Kier molecular flexibility index (Phi) is 8.34. The van der Waals surface area contributed by atoms with Crippen LogP contribution in [0.25, 0.3) is 0 Å². The first-order chi connectivity index (χ1) is 16.7. The second kappa shape index (κ2) is 11.2. The molecule has 0 radical (unpaired) electrons. The monoisotopic (exact) mass is 503 g/mol. The molecular weight excluding hydrogens is 474 g/mol. The van der Waals surface area contributed by atoms with Crippen molar-refractivity contribution >= 4 is 33.3 Å². The Morgan fingerprint density at radius 3 is 2.26 bits per heavy atom. The number of carbonyl (C=O) groups excluding carboxylic acids is 1. The van der Waals surface area contributed by atoms with E-state index in [0.717, 1.165) is 12.8 Å². The van der Waals surface area contributed by atoms with Gasteiger partial charge in [-0.25, -0.2) is 0 Å². The van der Waals surface area contributed by atoms with Gasteiger partial charge in [0.25, 0.3) is 10.0 Å². The number of carbonyl (C=O) groups is 2. The second-order valence-corrected chi connectivity index (χ2v) is 9.84. The molecule has 10 nitrogen and oxygen atoms in total. The van der Waals surface area contributed by atoms with Gasteiger partial charge in [-0.3, -0.25) is 9.59 Å². The lowest BCUT2D eigenvalue weighted by atomic mass is 9.78. The fraction of sp³-hybridized carbons (Fsp3) is 0.375. The molecule has 0 saturated heterocycles. The van der Waals surface area contributed by atoms with Gasteiger partial charge in [-0.15, -0.1) is 0 Å². The number of anilines is 1. The molecular formula is C24H29N3O7S. The molecule has 2 unspecified atom stereocenters. The highest BCUT2D eigenvalue weighted by Gasteiger charge is 2.35. The minimum Gasteiger partial charge on any atom is -0.497 e. The summed E-state index contributed by atoms with van der Waals surface area (Å²) in [5.74, 6) is -1.91. The molecule has 35 heavy (non-hydrogen) atoms. The molecule has 0 heterocycles. The summed E-state index contributed by atoms with van der Waals surface area (Å²) in [7, 11) is -1.18. The van der Waals surface area contributed by atoms with Crippen molar-refractivity contribution in [3.05, 3.63) is 48.0 Å². The van der Waals surface area contributed by atoms with Crippen molar-refractivity contribution in [2.45, 2.75) is 37.5 Å². The number of benzene rings is 2. The predicted octanol–water partition coefficient (Wildman–Crippen LogP) is 3.24. The molecule has 1 fully saturated rings. The number of sulfonamides is 1. The molecule has 188 valence electrons. The quantitative estimate of drug-likeness (QED) is 0.352. The molecule has 0 bridgehead atoms. The van der Waals surface area contributed by atoms with E-state index in [-0.39, 0.29) is 16.6 Å². The molecule has 2 atom stereocenters. The Labute approximate surface area is 204 Å². The number of carboxylic acids is 1. The second-order valence-electron chi connectivity index (χ2n) is 8.21. The first-order valence-corrected chi connectivity index (χ1v) is 12.6. The van der Waals surface area contributed by atoms with Crippen molar-refractivity contribution in [3.63, 3.8) is 0 Å². The van der Waals surface area contributed by atoms with Gasteiger partial charge in [0.15, 0.2) is 0 Å². The summed E-state index contributed by atoms with van der Waals surface area (Å²) < 4.78 is 35.7. The Hall–Kier alpha value is -3.60. The highest BCUT2D eigenvalue weighted by molar-refractivity contribution is 7.89. The molecule has 2 aromatic rings. The van der Waals surface area contributed by atoms with Crippen LogP contribution in [0.2, 0.25) is 0 Å². The van der Waals surface area contributed by atoms with E-state index < -0.39 is 27.8 Å². The van der Waals surface area contributed by atoms with Gasteiger partial charge in [-0.2, -0.15) is 18.4 Å². The highest BCUT2D eigenvalue weighted by Crippen LogP contribution is 2.31. The average molecular weight is 504 g/mol. The Morgan fingerprint density at radius 2 is 1.66 bits per heavy atom. The van der Waals surface area contributed by atoms with Crippen LogP contribution in [0, 0.1) is 11.8 Å². The molecule has 3 rings (SSSR count). The lowest BCUT2D eigenvalue weighted by Gasteiger charge is -2.27. The van der Waals surface area contributed by atoms with E-state index in [1.165, 1.54) is 32.4 Å². The third-order valence-corrected chi connectivity index (χ3v) is 7.23. The molecule has 2 aromatic carbocycles. The molecule has 11 heteroatoms. The zero-order valence-electron chi connectivity index (χ0n) is 19.8. The van der Waals surface area contributed by atoms with Crippen LogP contribution in [0.5, 0.6) is 11.5 Å². The van der Waals surface area contributed by atoms with Crippen molar-refractivity contribution in [1.29, 1.82) is 0 Å². The van der Waals surface area contributed by atoms with Crippen LogP contribution in [0.3, 0.4) is 0 Å². The number of rotatable bonds is 9. The Morgan fingerprint density at radius 1 is 1.00 bits per heavy atom. The van der Waals surface area contributed by atoms with Gasteiger partial charge in [0.05, 0.1) is 31.8 Å². The fourth-order valence-corrected chi connectivity index (χ4v) is 5.02. The van der Waals surface area contributed by atoms with E-state index in [2.05, 4.69) is 15.2 Å². The van der Waals surface area contributed by atoms with Crippen LogP contribution in [-0.4, -0.2) is 45.3 Å². The number of carboxylic acid groups (broad SMARTS) is 1. The standard InChI is InChI=1S/C24H29N3O7S/c1-15(26-27-35(31,32)22-13-12-18(33-2)14-21(22)34-3)16-8-10-17(11-9-16)25-23(28)19-6-4-5-7-20(19)24(29)30/h8-14,19-20,27H,4-7H2,1-3H3,(H,25,28)(H,29,30)/b26-15-. The van der Waals surface area contributed by atoms with Crippen molar-refractivity contribution < 1.29 is 32.6 Å². The molecule has 3 N–H and O–H groups in total. The van der Waals surface area contributed by atoms with Crippen LogP contribution in [0.4, 0.5) is 5.69 Å². The van der Waals surface area contributed by atoms with Gasteiger partial charge in [-0.05, 0) is 49.6 Å². The van der Waals surface area contributed by atoms with Gasteiger partial charge in [0.2, 0.25) is 5.91 Å². The fourth-order valence-electron chi connectivity index (χ4n) is 4.01. The Bertz CT molecular complexity index is 1210. The van der Waals surface area contributed by atoms with Crippen molar-refractivity contribution in [2.24, 2.45) is 16.9 Å². The largest absolute Gasteiger partial charge is 0.497 e. The molecule has 0 aromatic heterocycles. The summed E-state index contributed by atoms with van der Waals surface area (Å²) in [6.45, 7) is 1.64. The normalized spacial score (nSPS) is 18.4. The molecule has 0 aliphatic heterocycles. The number of aliphatic carboxylic acids is 1. The number of hydrogen-bond donors (Lipinski definition) is 3. The maximum Gasteiger partial charge on any atom is 0.307 e. The molecule has 1 aliphatic carbocycles. The summed E-state index contributed by atoms with van der Waals surface area (Å²) in [5.41, 5.74) is 1.55. The average Bonchev–Trinajstić information content (AvgIpc) is 2.87. The van der Waals surface area contributed by atoms with Crippen LogP contribution in [0.15, 0.2) is 52.5 Å². The summed E-state index contributed by atoms with van der Waals surface area (Å²) >= 11 is 0. The first kappa shape index (κ1) is 26.0. The summed E-state index contributed by atoms with van der Waals surface area (Å²) in [6, 6.07) is 11.0. The lowest BCUT2D eigenvalue weighted by molar-refractivity contribution is -0.147. The maximum atomic E-state index is 12.7. The summed E-state index contributed by atoms with van der Waals surface area (Å²) in [6.07, 6.45) is 2.68. The molecule has 0 spiro atoms. The van der Waals surface area contributed by atoms with Gasteiger partial charge >= 0.3 is 5.97 Å². The minimum atomic E-state index is -4.00. The number of hydrazone groups is 1. The lowest BCUT2D eigenvalue weighted by Crippen LogP contribution is -2.36. The maximum absolute atomic E-state index is 12.7. The van der Waals surface area contributed by atoms with Gasteiger partial charge < -0.3 is 19.9 Å². The van der Waals surface area contributed by atoms with Crippen molar-refractivity contribution in [2.75, 3.05) is 19.5 Å². The predicted molar refractivity (Wildman–Crippen MR) is 130 cm³/mol. The van der Waals surface area contributed by atoms with E-state index in [9.17, 15) is 23.1 Å². The van der Waals surface area contributed by atoms with Gasteiger partial charge in [0, 0.05) is 11.8 Å². The Balaban J connectivity index is 1.68. The molecule has 1 amide bonds. The summed E-state index contributed by atoms with van der Waals surface area (Å²) in [5, 5.41) is 16.2. The van der Waals surface area contributed by atoms with Gasteiger partial charge in [-0.1, -0.05) is 25.0 Å². The van der Waals surface area contributed by atoms with Crippen LogP contribution in [0.1, 0.15) is 38.2 Å².